The number of rotatable bonds is 8. The number of nitrogens with zero attached hydrogens (tertiary/aromatic N) is 3. The molecule has 0 spiro atoms. The van der Waals surface area contributed by atoms with Crippen LogP contribution in [0.5, 0.6) is 0 Å². The van der Waals surface area contributed by atoms with Crippen molar-refractivity contribution in [1.82, 2.24) is 19.8 Å². The molecule has 0 saturated heterocycles. The van der Waals surface area contributed by atoms with Crippen molar-refractivity contribution < 1.29 is 14.3 Å². The fourth-order valence-corrected chi connectivity index (χ4v) is 3.60. The molecule has 0 unspecified atom stereocenters. The van der Waals surface area contributed by atoms with Gasteiger partial charge < -0.3 is 9.72 Å². The number of nitrogens with one attached hydrogen (secondary N) is 1. The molecule has 2 heterocycles. The largest absolute Gasteiger partial charge is 0.383 e. The highest BCUT2D eigenvalue weighted by Crippen LogP contribution is 2.22. The standard InChI is InChI=1S/C22H22N4O4/c1-30-13-12-25(14-19-23-18-9-5-4-8-17(18)20(27)24-19)10-11-26-21(28)15-6-2-3-7-16(15)22(26)29/h2-9H,10-14H2,1H3,(H,23,24,27). The maximum Gasteiger partial charge on any atom is 0.261 e. The lowest BCUT2D eigenvalue weighted by atomic mass is 10.1. The van der Waals surface area contributed by atoms with Crippen molar-refractivity contribution in [3.05, 3.63) is 75.8 Å². The number of fused-ring (bicyclic) bond motifs is 2. The Kier molecular flexibility index (Phi) is 5.69. The lowest BCUT2D eigenvalue weighted by Gasteiger charge is -2.24. The maximum atomic E-state index is 12.6. The number of H-pyrrole nitrogens is 1. The molecule has 2 amide bonds. The zero-order valence-electron chi connectivity index (χ0n) is 16.6. The molecule has 4 rings (SSSR count). The smallest absolute Gasteiger partial charge is 0.261 e. The van der Waals surface area contributed by atoms with E-state index in [1.165, 1.54) is 4.90 Å². The Hall–Kier alpha value is -3.36. The van der Waals surface area contributed by atoms with E-state index in [-0.39, 0.29) is 23.9 Å². The molecule has 0 bridgehead atoms. The van der Waals surface area contributed by atoms with Crippen molar-refractivity contribution in [2.24, 2.45) is 0 Å². The number of methoxy groups -OCH3 is 1. The number of benzene rings is 2. The highest BCUT2D eigenvalue weighted by Gasteiger charge is 2.34. The average Bonchev–Trinajstić information content (AvgIpc) is 3.00. The van der Waals surface area contributed by atoms with Crippen molar-refractivity contribution in [2.75, 3.05) is 33.4 Å². The predicted octanol–water partition coefficient (Wildman–Crippen LogP) is 1.67. The number of para-hydroxylation sites is 1. The Morgan fingerprint density at radius 1 is 0.967 bits per heavy atom. The SMILES string of the molecule is COCCN(CCN1C(=O)c2ccccc2C1=O)Cc1nc2ccccc2c(=O)[nH]1. The Labute approximate surface area is 173 Å². The van der Waals surface area contributed by atoms with Crippen LogP contribution in [0.1, 0.15) is 26.5 Å². The van der Waals surface area contributed by atoms with Gasteiger partial charge in [-0.3, -0.25) is 24.2 Å². The highest BCUT2D eigenvalue weighted by atomic mass is 16.5. The summed E-state index contributed by atoms with van der Waals surface area (Å²) in [4.78, 5) is 48.1. The molecule has 3 aromatic rings. The zero-order chi connectivity index (χ0) is 21.1. The topological polar surface area (TPSA) is 95.6 Å². The maximum absolute atomic E-state index is 12.6. The number of hydrogen-bond donors (Lipinski definition) is 1. The minimum atomic E-state index is -0.278. The van der Waals surface area contributed by atoms with Crippen LogP contribution < -0.4 is 5.56 Å². The van der Waals surface area contributed by atoms with E-state index in [2.05, 4.69) is 9.97 Å². The molecule has 1 aliphatic rings. The van der Waals surface area contributed by atoms with Gasteiger partial charge in [-0.25, -0.2) is 4.98 Å². The second-order valence-corrected chi connectivity index (χ2v) is 7.11. The highest BCUT2D eigenvalue weighted by molar-refractivity contribution is 6.21. The number of imide groups is 1. The van der Waals surface area contributed by atoms with Crippen LogP contribution in [0.3, 0.4) is 0 Å². The molecule has 0 fully saturated rings. The van der Waals surface area contributed by atoms with Crippen LogP contribution in [0, 0.1) is 0 Å². The summed E-state index contributed by atoms with van der Waals surface area (Å²) in [5.74, 6) is -0.0313. The molecule has 0 saturated carbocycles. The van der Waals surface area contributed by atoms with Crippen molar-refractivity contribution >= 4 is 22.7 Å². The van der Waals surface area contributed by atoms with Gasteiger partial charge in [0.15, 0.2) is 0 Å². The van der Waals surface area contributed by atoms with E-state index in [1.54, 1.807) is 49.6 Å². The molecular formula is C22H22N4O4. The van der Waals surface area contributed by atoms with E-state index in [0.29, 0.717) is 54.1 Å². The number of aromatic amines is 1. The third-order valence-electron chi connectivity index (χ3n) is 5.16. The molecule has 154 valence electrons. The number of carbonyl (C=O) groups is 2. The first-order chi connectivity index (χ1) is 14.6. The summed E-state index contributed by atoms with van der Waals surface area (Å²) in [5.41, 5.74) is 1.31. The number of amides is 2. The van der Waals surface area contributed by atoms with Crippen LogP contribution in [-0.4, -0.2) is 64.9 Å². The molecule has 30 heavy (non-hydrogen) atoms. The van der Waals surface area contributed by atoms with Gasteiger partial charge >= 0.3 is 0 Å². The first kappa shape index (κ1) is 19.9. The van der Waals surface area contributed by atoms with Crippen LogP contribution >= 0.6 is 0 Å². The van der Waals surface area contributed by atoms with E-state index < -0.39 is 0 Å². The first-order valence-electron chi connectivity index (χ1n) is 9.73. The number of hydrogen-bond acceptors (Lipinski definition) is 6. The molecule has 1 aromatic heterocycles. The Balaban J connectivity index is 1.49. The molecule has 8 nitrogen and oxygen atoms in total. The summed E-state index contributed by atoms with van der Waals surface area (Å²) in [5, 5.41) is 0.538. The minimum Gasteiger partial charge on any atom is -0.383 e. The summed E-state index contributed by atoms with van der Waals surface area (Å²) in [6.45, 7) is 2.09. The molecule has 0 atom stereocenters. The van der Waals surface area contributed by atoms with Crippen molar-refractivity contribution in [2.45, 2.75) is 6.54 Å². The Morgan fingerprint density at radius 3 is 2.33 bits per heavy atom. The van der Waals surface area contributed by atoms with Gasteiger partial charge in [-0.1, -0.05) is 24.3 Å². The Bertz CT molecular complexity index is 1120. The van der Waals surface area contributed by atoms with E-state index >= 15 is 0 Å². The predicted molar refractivity (Wildman–Crippen MR) is 111 cm³/mol. The fraction of sp³-hybridized carbons (Fsp3) is 0.273. The summed E-state index contributed by atoms with van der Waals surface area (Å²) in [6, 6.07) is 14.0. The molecule has 1 aliphatic heterocycles. The van der Waals surface area contributed by atoms with Gasteiger partial charge in [0.05, 0.1) is 35.2 Å². The van der Waals surface area contributed by atoms with Gasteiger partial charge in [0, 0.05) is 26.7 Å². The average molecular weight is 406 g/mol. The van der Waals surface area contributed by atoms with Gasteiger partial charge in [0.1, 0.15) is 5.82 Å². The molecule has 0 aliphatic carbocycles. The summed E-state index contributed by atoms with van der Waals surface area (Å²) in [6.07, 6.45) is 0. The van der Waals surface area contributed by atoms with E-state index in [4.69, 9.17) is 4.74 Å². The van der Waals surface area contributed by atoms with Crippen LogP contribution in [0.4, 0.5) is 0 Å². The fourth-order valence-electron chi connectivity index (χ4n) is 3.60. The van der Waals surface area contributed by atoms with Crippen molar-refractivity contribution in [3.8, 4) is 0 Å². The first-order valence-corrected chi connectivity index (χ1v) is 9.73. The molecule has 1 N–H and O–H groups in total. The quantitative estimate of drug-likeness (QED) is 0.572. The van der Waals surface area contributed by atoms with Crippen LogP contribution in [0.15, 0.2) is 53.3 Å². The molecule has 8 heteroatoms. The third kappa shape index (κ3) is 3.87. The van der Waals surface area contributed by atoms with E-state index in [1.807, 2.05) is 11.0 Å². The number of ether oxygens (including phenoxy) is 1. The zero-order valence-corrected chi connectivity index (χ0v) is 16.6. The molecule has 2 aromatic carbocycles. The van der Waals surface area contributed by atoms with Crippen LogP contribution in [0.25, 0.3) is 10.9 Å². The monoisotopic (exact) mass is 406 g/mol. The van der Waals surface area contributed by atoms with E-state index in [9.17, 15) is 14.4 Å². The van der Waals surface area contributed by atoms with Crippen LogP contribution in [0.2, 0.25) is 0 Å². The second kappa shape index (κ2) is 8.56. The van der Waals surface area contributed by atoms with E-state index in [0.717, 1.165) is 0 Å². The summed E-state index contributed by atoms with van der Waals surface area (Å²) >= 11 is 0. The minimum absolute atomic E-state index is 0.192. The van der Waals surface area contributed by atoms with Crippen LogP contribution in [-0.2, 0) is 11.3 Å². The Morgan fingerprint density at radius 2 is 1.63 bits per heavy atom. The van der Waals surface area contributed by atoms with Gasteiger partial charge in [-0.2, -0.15) is 0 Å². The summed E-state index contributed by atoms with van der Waals surface area (Å²) in [7, 11) is 1.61. The number of aromatic nitrogens is 2. The number of carbonyl (C=O) groups excluding carboxylic acids is 2. The van der Waals surface area contributed by atoms with Crippen molar-refractivity contribution in [3.63, 3.8) is 0 Å². The van der Waals surface area contributed by atoms with Gasteiger partial charge in [-0.05, 0) is 24.3 Å². The summed E-state index contributed by atoms with van der Waals surface area (Å²) < 4.78 is 5.19. The van der Waals surface area contributed by atoms with Gasteiger partial charge in [0.2, 0.25) is 0 Å². The normalized spacial score (nSPS) is 13.5. The molecular weight excluding hydrogens is 384 g/mol. The lowest BCUT2D eigenvalue weighted by Crippen LogP contribution is -2.39. The molecule has 0 radical (unpaired) electrons. The van der Waals surface area contributed by atoms with Gasteiger partial charge in [0.25, 0.3) is 17.4 Å². The van der Waals surface area contributed by atoms with Gasteiger partial charge in [-0.15, -0.1) is 0 Å². The van der Waals surface area contributed by atoms with Crippen molar-refractivity contribution in [1.29, 1.82) is 0 Å². The third-order valence-corrected chi connectivity index (χ3v) is 5.16. The second-order valence-electron chi connectivity index (χ2n) is 7.11. The lowest BCUT2D eigenvalue weighted by molar-refractivity contribution is 0.0624.